The number of halogens is 1. The van der Waals surface area contributed by atoms with Gasteiger partial charge in [-0.05, 0) is 19.1 Å². The highest BCUT2D eigenvalue weighted by molar-refractivity contribution is 5.79. The molecule has 1 heterocycles. The summed E-state index contributed by atoms with van der Waals surface area (Å²) in [5.74, 6) is 1.50. The van der Waals surface area contributed by atoms with Crippen molar-refractivity contribution in [3.63, 3.8) is 0 Å². The van der Waals surface area contributed by atoms with E-state index in [9.17, 15) is 4.39 Å². The molecule has 0 saturated heterocycles. The van der Waals surface area contributed by atoms with Crippen molar-refractivity contribution >= 4 is 5.96 Å². The Morgan fingerprint density at radius 2 is 1.96 bits per heavy atom. The lowest BCUT2D eigenvalue weighted by molar-refractivity contribution is 0.223. The number of hydrogen-bond acceptors (Lipinski definition) is 4. The van der Waals surface area contributed by atoms with Crippen LogP contribution in [-0.4, -0.2) is 30.8 Å². The fourth-order valence-electron chi connectivity index (χ4n) is 2.58. The second kappa shape index (κ2) is 9.55. The van der Waals surface area contributed by atoms with Gasteiger partial charge in [0.1, 0.15) is 23.4 Å². The number of nitrogens with zero attached hydrogens (tertiary/aromatic N) is 2. The predicted molar refractivity (Wildman–Crippen MR) is 107 cm³/mol. The van der Waals surface area contributed by atoms with Crippen LogP contribution in [0.25, 0.3) is 11.3 Å². The molecule has 3 aromatic rings. The van der Waals surface area contributed by atoms with E-state index in [1.807, 2.05) is 43.3 Å². The van der Waals surface area contributed by atoms with Crippen LogP contribution in [-0.2, 0) is 6.54 Å². The fourth-order valence-corrected chi connectivity index (χ4v) is 2.58. The minimum atomic E-state index is -0.322. The zero-order valence-electron chi connectivity index (χ0n) is 15.9. The Bertz CT molecular complexity index is 912. The molecule has 0 radical (unpaired) electrons. The minimum absolute atomic E-state index is 0.169. The summed E-state index contributed by atoms with van der Waals surface area (Å²) in [5, 5.41) is 10.4. The van der Waals surface area contributed by atoms with Crippen molar-refractivity contribution in [3.05, 3.63) is 72.2 Å². The topological polar surface area (TPSA) is 71.7 Å². The molecule has 0 saturated carbocycles. The van der Waals surface area contributed by atoms with E-state index in [1.165, 1.54) is 12.1 Å². The molecular formula is C21H23FN4O2. The van der Waals surface area contributed by atoms with Crippen LogP contribution in [0.3, 0.4) is 0 Å². The molecule has 0 aliphatic carbocycles. The van der Waals surface area contributed by atoms with Gasteiger partial charge in [-0.1, -0.05) is 41.6 Å². The number of hydrogen-bond donors (Lipinski definition) is 2. The number of rotatable bonds is 7. The van der Waals surface area contributed by atoms with E-state index in [4.69, 9.17) is 9.26 Å². The Balaban J connectivity index is 1.46. The lowest BCUT2D eigenvalue weighted by atomic mass is 10.2. The van der Waals surface area contributed by atoms with E-state index in [2.05, 4.69) is 20.8 Å². The average molecular weight is 382 g/mol. The second-order valence-corrected chi connectivity index (χ2v) is 6.24. The molecule has 2 aromatic carbocycles. The summed E-state index contributed by atoms with van der Waals surface area (Å²) in [7, 11) is 1.69. The van der Waals surface area contributed by atoms with Gasteiger partial charge in [-0.15, -0.1) is 0 Å². The van der Waals surface area contributed by atoms with Crippen molar-refractivity contribution < 1.29 is 13.7 Å². The van der Waals surface area contributed by atoms with Crippen LogP contribution < -0.4 is 15.4 Å². The number of ether oxygens (including phenoxy) is 1. The smallest absolute Gasteiger partial charge is 0.191 e. The van der Waals surface area contributed by atoms with Crippen molar-refractivity contribution in [2.75, 3.05) is 13.6 Å². The monoisotopic (exact) mass is 382 g/mol. The number of aliphatic imine (C=N–C) groups is 1. The Morgan fingerprint density at radius 1 is 1.14 bits per heavy atom. The lowest BCUT2D eigenvalue weighted by Gasteiger charge is -2.17. The summed E-state index contributed by atoms with van der Waals surface area (Å²) >= 11 is 0. The molecule has 146 valence electrons. The van der Waals surface area contributed by atoms with Gasteiger partial charge >= 0.3 is 0 Å². The largest absolute Gasteiger partial charge is 0.489 e. The summed E-state index contributed by atoms with van der Waals surface area (Å²) < 4.78 is 24.3. The van der Waals surface area contributed by atoms with Crippen molar-refractivity contribution in [1.82, 2.24) is 15.8 Å². The molecule has 0 amide bonds. The van der Waals surface area contributed by atoms with Crippen molar-refractivity contribution in [3.8, 4) is 17.1 Å². The lowest BCUT2D eigenvalue weighted by Crippen LogP contribution is -2.41. The van der Waals surface area contributed by atoms with Gasteiger partial charge in [0, 0.05) is 24.7 Å². The molecule has 1 aromatic heterocycles. The number of aromatic nitrogens is 1. The van der Waals surface area contributed by atoms with Gasteiger partial charge < -0.3 is 19.9 Å². The SMILES string of the molecule is CN=C(NCc1cc(-c2ccccc2)on1)NCC(C)Oc1cccc(F)c1. The van der Waals surface area contributed by atoms with Gasteiger partial charge in [0.15, 0.2) is 11.7 Å². The van der Waals surface area contributed by atoms with E-state index >= 15 is 0 Å². The van der Waals surface area contributed by atoms with Gasteiger partial charge in [-0.3, -0.25) is 4.99 Å². The Labute approximate surface area is 163 Å². The standard InChI is InChI=1S/C21H23FN4O2/c1-15(27-19-10-6-9-17(22)11-19)13-24-21(23-2)25-14-18-12-20(28-26-18)16-7-4-3-5-8-16/h3-12,15H,13-14H2,1-2H3,(H2,23,24,25). The number of nitrogens with one attached hydrogen (secondary N) is 2. The maximum absolute atomic E-state index is 13.2. The Kier molecular flexibility index (Phi) is 6.62. The molecule has 0 fully saturated rings. The summed E-state index contributed by atoms with van der Waals surface area (Å²) in [6.45, 7) is 2.87. The van der Waals surface area contributed by atoms with Crippen LogP contribution in [0.15, 0.2) is 70.2 Å². The van der Waals surface area contributed by atoms with Crippen molar-refractivity contribution in [1.29, 1.82) is 0 Å². The van der Waals surface area contributed by atoms with Crippen LogP contribution in [0.1, 0.15) is 12.6 Å². The van der Waals surface area contributed by atoms with Crippen molar-refractivity contribution in [2.24, 2.45) is 4.99 Å². The fraction of sp³-hybridized carbons (Fsp3) is 0.238. The van der Waals surface area contributed by atoms with E-state index in [0.29, 0.717) is 24.8 Å². The molecule has 3 rings (SSSR count). The first-order chi connectivity index (χ1) is 13.6. The van der Waals surface area contributed by atoms with Crippen LogP contribution in [0, 0.1) is 5.82 Å². The third-order valence-corrected chi connectivity index (χ3v) is 3.97. The quantitative estimate of drug-likeness (QED) is 0.482. The molecule has 7 heteroatoms. The first-order valence-corrected chi connectivity index (χ1v) is 9.02. The highest BCUT2D eigenvalue weighted by Gasteiger charge is 2.09. The molecule has 1 unspecified atom stereocenters. The maximum atomic E-state index is 13.2. The Morgan fingerprint density at radius 3 is 2.71 bits per heavy atom. The minimum Gasteiger partial charge on any atom is -0.489 e. The van der Waals surface area contributed by atoms with Gasteiger partial charge in [0.05, 0.1) is 13.1 Å². The molecule has 0 aliphatic rings. The van der Waals surface area contributed by atoms with Gasteiger partial charge in [0.25, 0.3) is 0 Å². The summed E-state index contributed by atoms with van der Waals surface area (Å²) in [4.78, 5) is 4.18. The molecular weight excluding hydrogens is 359 g/mol. The third kappa shape index (κ3) is 5.57. The second-order valence-electron chi connectivity index (χ2n) is 6.24. The normalized spacial score (nSPS) is 12.5. The zero-order valence-corrected chi connectivity index (χ0v) is 15.9. The first kappa shape index (κ1) is 19.4. The third-order valence-electron chi connectivity index (χ3n) is 3.97. The van der Waals surface area contributed by atoms with Crippen LogP contribution in [0.2, 0.25) is 0 Å². The molecule has 28 heavy (non-hydrogen) atoms. The summed E-state index contributed by atoms with van der Waals surface area (Å²) in [5.41, 5.74) is 1.75. The summed E-state index contributed by atoms with van der Waals surface area (Å²) in [6, 6.07) is 17.8. The summed E-state index contributed by atoms with van der Waals surface area (Å²) in [6.07, 6.45) is -0.169. The van der Waals surface area contributed by atoms with Gasteiger partial charge in [-0.2, -0.15) is 0 Å². The number of benzene rings is 2. The van der Waals surface area contributed by atoms with Gasteiger partial charge in [0.2, 0.25) is 0 Å². The molecule has 0 aliphatic heterocycles. The van der Waals surface area contributed by atoms with E-state index in [-0.39, 0.29) is 11.9 Å². The van der Waals surface area contributed by atoms with E-state index in [0.717, 1.165) is 17.0 Å². The van der Waals surface area contributed by atoms with E-state index < -0.39 is 0 Å². The van der Waals surface area contributed by atoms with Crippen molar-refractivity contribution in [2.45, 2.75) is 19.6 Å². The Hall–Kier alpha value is -3.35. The van der Waals surface area contributed by atoms with Crippen LogP contribution in [0.5, 0.6) is 5.75 Å². The zero-order chi connectivity index (χ0) is 19.8. The first-order valence-electron chi connectivity index (χ1n) is 9.02. The molecule has 2 N–H and O–H groups in total. The predicted octanol–water partition coefficient (Wildman–Crippen LogP) is 3.61. The van der Waals surface area contributed by atoms with Crippen LogP contribution in [0.4, 0.5) is 4.39 Å². The molecule has 6 nitrogen and oxygen atoms in total. The molecule has 1 atom stereocenters. The highest BCUT2D eigenvalue weighted by atomic mass is 19.1. The van der Waals surface area contributed by atoms with Gasteiger partial charge in [-0.25, -0.2) is 4.39 Å². The molecule has 0 bridgehead atoms. The average Bonchev–Trinajstić information content (AvgIpc) is 3.18. The number of guanidine groups is 1. The van der Waals surface area contributed by atoms with E-state index in [1.54, 1.807) is 19.2 Å². The maximum Gasteiger partial charge on any atom is 0.191 e. The van der Waals surface area contributed by atoms with Crippen LogP contribution >= 0.6 is 0 Å². The molecule has 0 spiro atoms. The highest BCUT2D eigenvalue weighted by Crippen LogP contribution is 2.19.